The molecule has 1 fully saturated rings. The minimum Gasteiger partial charge on any atom is -0.379 e. The molecule has 0 aromatic heterocycles. The van der Waals surface area contributed by atoms with Gasteiger partial charge in [-0.2, -0.15) is 0 Å². The van der Waals surface area contributed by atoms with Crippen molar-refractivity contribution in [3.05, 3.63) is 76.9 Å². The van der Waals surface area contributed by atoms with Crippen molar-refractivity contribution in [1.29, 1.82) is 0 Å². The van der Waals surface area contributed by atoms with Crippen LogP contribution in [-0.2, 0) is 14.8 Å². The Kier molecular flexibility index (Phi) is 6.73. The van der Waals surface area contributed by atoms with Crippen LogP contribution in [0.25, 0.3) is 6.08 Å². The summed E-state index contributed by atoms with van der Waals surface area (Å²) in [4.78, 5) is 2.15. The highest BCUT2D eigenvalue weighted by atomic mass is 32.2. The van der Waals surface area contributed by atoms with Crippen LogP contribution in [0.3, 0.4) is 0 Å². The van der Waals surface area contributed by atoms with E-state index in [9.17, 15) is 12.8 Å². The number of nitrogens with zero attached hydrogens (tertiary/aromatic N) is 1. The summed E-state index contributed by atoms with van der Waals surface area (Å²) in [7, 11) is -3.59. The highest BCUT2D eigenvalue weighted by molar-refractivity contribution is 7.92. The van der Waals surface area contributed by atoms with Crippen LogP contribution in [0.1, 0.15) is 17.2 Å². The fraction of sp³-hybridized carbons (Fsp3) is 0.300. The predicted octanol–water partition coefficient (Wildman–Crippen LogP) is 2.79. The maximum Gasteiger partial charge on any atom is 0.233 e. The molecule has 1 atom stereocenters. The molecule has 144 valence electrons. The van der Waals surface area contributed by atoms with Crippen molar-refractivity contribution < 1.29 is 17.5 Å². The van der Waals surface area contributed by atoms with Crippen LogP contribution in [0.15, 0.2) is 60.0 Å². The fourth-order valence-corrected chi connectivity index (χ4v) is 3.83. The SMILES string of the molecule is O=S(=O)(/C=C/c1ccccc1)NCC(c1ccc(F)cc1)N1CCOCC1. The van der Waals surface area contributed by atoms with E-state index in [1.165, 1.54) is 17.5 Å². The number of benzene rings is 2. The minimum atomic E-state index is -3.59. The third-order valence-electron chi connectivity index (χ3n) is 4.46. The van der Waals surface area contributed by atoms with Gasteiger partial charge in [-0.15, -0.1) is 0 Å². The molecule has 2 aromatic carbocycles. The van der Waals surface area contributed by atoms with E-state index < -0.39 is 10.0 Å². The maximum atomic E-state index is 13.3. The van der Waals surface area contributed by atoms with Crippen LogP contribution in [-0.4, -0.2) is 46.2 Å². The molecule has 0 amide bonds. The molecular formula is C20H23FN2O3S. The minimum absolute atomic E-state index is 0.186. The van der Waals surface area contributed by atoms with Gasteiger partial charge in [-0.05, 0) is 29.3 Å². The van der Waals surface area contributed by atoms with Gasteiger partial charge in [0, 0.05) is 31.1 Å². The third-order valence-corrected chi connectivity index (χ3v) is 5.52. The largest absolute Gasteiger partial charge is 0.379 e. The van der Waals surface area contributed by atoms with Gasteiger partial charge in [-0.3, -0.25) is 4.90 Å². The smallest absolute Gasteiger partial charge is 0.233 e. The molecule has 5 nitrogen and oxygen atoms in total. The van der Waals surface area contributed by atoms with E-state index >= 15 is 0 Å². The Labute approximate surface area is 159 Å². The molecule has 1 aliphatic heterocycles. The standard InChI is InChI=1S/C20H23FN2O3S/c21-19-8-6-18(7-9-19)20(23-11-13-26-14-12-23)16-22-27(24,25)15-10-17-4-2-1-3-5-17/h1-10,15,20,22H,11-14,16H2/b15-10+. The number of ether oxygens (including phenoxy) is 1. The highest BCUT2D eigenvalue weighted by Crippen LogP contribution is 2.22. The van der Waals surface area contributed by atoms with E-state index in [1.807, 2.05) is 30.3 Å². The summed E-state index contributed by atoms with van der Waals surface area (Å²) in [6.45, 7) is 2.79. The number of hydrogen-bond acceptors (Lipinski definition) is 4. The van der Waals surface area contributed by atoms with Gasteiger partial charge in [-0.1, -0.05) is 42.5 Å². The molecule has 27 heavy (non-hydrogen) atoms. The first-order valence-corrected chi connectivity index (χ1v) is 10.4. The average molecular weight is 390 g/mol. The molecule has 1 aliphatic rings. The molecule has 0 bridgehead atoms. The monoisotopic (exact) mass is 390 g/mol. The molecule has 0 radical (unpaired) electrons. The summed E-state index contributed by atoms with van der Waals surface area (Å²) in [6, 6.07) is 15.2. The van der Waals surface area contributed by atoms with Gasteiger partial charge in [-0.25, -0.2) is 17.5 Å². The average Bonchev–Trinajstić information content (AvgIpc) is 2.70. The quantitative estimate of drug-likeness (QED) is 0.790. The second-order valence-corrected chi connectivity index (χ2v) is 7.97. The Balaban J connectivity index is 1.71. The second kappa shape index (κ2) is 9.23. The fourth-order valence-electron chi connectivity index (χ4n) is 3.01. The van der Waals surface area contributed by atoms with Crippen molar-refractivity contribution >= 4 is 16.1 Å². The van der Waals surface area contributed by atoms with Crippen LogP contribution in [0.4, 0.5) is 4.39 Å². The molecule has 7 heteroatoms. The first kappa shape index (κ1) is 19.7. The zero-order valence-corrected chi connectivity index (χ0v) is 15.7. The van der Waals surface area contributed by atoms with Crippen LogP contribution in [0.2, 0.25) is 0 Å². The Hall–Kier alpha value is -2.06. The predicted molar refractivity (Wildman–Crippen MR) is 104 cm³/mol. The summed E-state index contributed by atoms with van der Waals surface area (Å²) in [5, 5.41) is 1.17. The molecule has 0 saturated carbocycles. The normalized spacial score (nSPS) is 17.2. The number of halogens is 1. The van der Waals surface area contributed by atoms with Gasteiger partial charge in [0.25, 0.3) is 0 Å². The third kappa shape index (κ3) is 5.97. The number of rotatable bonds is 7. The van der Waals surface area contributed by atoms with E-state index in [1.54, 1.807) is 18.2 Å². The molecule has 1 saturated heterocycles. The molecule has 1 heterocycles. The summed E-state index contributed by atoms with van der Waals surface area (Å²) in [5.41, 5.74) is 1.68. The summed E-state index contributed by atoms with van der Waals surface area (Å²) >= 11 is 0. The lowest BCUT2D eigenvalue weighted by molar-refractivity contribution is 0.0172. The summed E-state index contributed by atoms with van der Waals surface area (Å²) in [5.74, 6) is -0.314. The maximum absolute atomic E-state index is 13.3. The number of morpholine rings is 1. The Morgan fingerprint density at radius 1 is 1.07 bits per heavy atom. The van der Waals surface area contributed by atoms with Gasteiger partial charge in [0.2, 0.25) is 10.0 Å². The number of sulfonamides is 1. The van der Waals surface area contributed by atoms with Gasteiger partial charge in [0.1, 0.15) is 5.82 Å². The van der Waals surface area contributed by atoms with E-state index in [2.05, 4.69) is 9.62 Å². The van der Waals surface area contributed by atoms with Crippen molar-refractivity contribution in [1.82, 2.24) is 9.62 Å². The zero-order valence-electron chi connectivity index (χ0n) is 14.9. The van der Waals surface area contributed by atoms with Crippen molar-refractivity contribution in [3.63, 3.8) is 0 Å². The highest BCUT2D eigenvalue weighted by Gasteiger charge is 2.24. The Morgan fingerprint density at radius 3 is 2.41 bits per heavy atom. The van der Waals surface area contributed by atoms with Crippen LogP contribution >= 0.6 is 0 Å². The van der Waals surface area contributed by atoms with E-state index in [-0.39, 0.29) is 18.4 Å². The Morgan fingerprint density at radius 2 is 1.74 bits per heavy atom. The topological polar surface area (TPSA) is 58.6 Å². The number of nitrogens with one attached hydrogen (secondary N) is 1. The first-order chi connectivity index (χ1) is 13.0. The van der Waals surface area contributed by atoms with Gasteiger partial charge >= 0.3 is 0 Å². The van der Waals surface area contributed by atoms with Crippen LogP contribution in [0.5, 0.6) is 0 Å². The van der Waals surface area contributed by atoms with Gasteiger partial charge in [0.15, 0.2) is 0 Å². The van der Waals surface area contributed by atoms with E-state index in [0.717, 1.165) is 11.1 Å². The Bertz CT molecular complexity index is 849. The molecule has 0 aliphatic carbocycles. The second-order valence-electron chi connectivity index (χ2n) is 6.32. The molecule has 1 unspecified atom stereocenters. The number of hydrogen-bond donors (Lipinski definition) is 1. The van der Waals surface area contributed by atoms with Crippen molar-refractivity contribution in [2.75, 3.05) is 32.8 Å². The molecule has 2 aromatic rings. The molecule has 0 spiro atoms. The van der Waals surface area contributed by atoms with E-state index in [0.29, 0.717) is 26.3 Å². The van der Waals surface area contributed by atoms with Crippen molar-refractivity contribution in [3.8, 4) is 0 Å². The summed E-state index contributed by atoms with van der Waals surface area (Å²) in [6.07, 6.45) is 1.56. The van der Waals surface area contributed by atoms with Crippen LogP contribution < -0.4 is 4.72 Å². The first-order valence-electron chi connectivity index (χ1n) is 8.83. The lowest BCUT2D eigenvalue weighted by atomic mass is 10.0. The van der Waals surface area contributed by atoms with Crippen LogP contribution in [0, 0.1) is 5.82 Å². The summed E-state index contributed by atoms with van der Waals surface area (Å²) < 4.78 is 46.1. The molecular weight excluding hydrogens is 367 g/mol. The van der Waals surface area contributed by atoms with E-state index in [4.69, 9.17) is 4.74 Å². The molecule has 3 rings (SSSR count). The van der Waals surface area contributed by atoms with Gasteiger partial charge in [0.05, 0.1) is 13.2 Å². The lowest BCUT2D eigenvalue weighted by Crippen LogP contribution is -2.43. The van der Waals surface area contributed by atoms with Gasteiger partial charge < -0.3 is 4.74 Å². The molecule has 1 N–H and O–H groups in total. The van der Waals surface area contributed by atoms with Crippen molar-refractivity contribution in [2.24, 2.45) is 0 Å². The zero-order chi connectivity index (χ0) is 19.1. The van der Waals surface area contributed by atoms with Crippen molar-refractivity contribution in [2.45, 2.75) is 6.04 Å². The lowest BCUT2D eigenvalue weighted by Gasteiger charge is -2.34.